The molecule has 1 atom stereocenters. The van der Waals surface area contributed by atoms with Crippen molar-refractivity contribution >= 4 is 11.9 Å². The van der Waals surface area contributed by atoms with Crippen LogP contribution in [0.15, 0.2) is 24.3 Å². The first-order valence-electron chi connectivity index (χ1n) is 6.40. The summed E-state index contributed by atoms with van der Waals surface area (Å²) in [7, 11) is 1.28. The number of rotatable bonds is 5. The normalized spacial score (nSPS) is 12.4. The average molecular weight is 279 g/mol. The summed E-state index contributed by atoms with van der Waals surface area (Å²) >= 11 is 0. The molecule has 0 bridgehead atoms. The molecule has 5 heteroatoms. The van der Waals surface area contributed by atoms with Gasteiger partial charge in [0.15, 0.2) is 6.10 Å². The highest BCUT2D eigenvalue weighted by atomic mass is 16.5. The average Bonchev–Trinajstić information content (AvgIpc) is 2.39. The minimum atomic E-state index is -1.09. The Labute approximate surface area is 119 Å². The fourth-order valence-electron chi connectivity index (χ4n) is 1.59. The van der Waals surface area contributed by atoms with E-state index in [0.717, 1.165) is 5.56 Å². The predicted octanol–water partition coefficient (Wildman–Crippen LogP) is 1.83. The van der Waals surface area contributed by atoms with Crippen molar-refractivity contribution in [3.8, 4) is 5.75 Å². The molecule has 0 fully saturated rings. The summed E-state index contributed by atoms with van der Waals surface area (Å²) in [6.07, 6.45) is -0.707. The molecule has 1 aromatic carbocycles. The van der Waals surface area contributed by atoms with Crippen LogP contribution < -0.4 is 10.1 Å². The summed E-state index contributed by atoms with van der Waals surface area (Å²) in [6.45, 7) is 6.76. The van der Waals surface area contributed by atoms with Crippen LogP contribution in [0.3, 0.4) is 0 Å². The largest absolute Gasteiger partial charge is 0.481 e. The first kappa shape index (κ1) is 16.0. The van der Waals surface area contributed by atoms with Crippen LogP contribution in [0, 0.1) is 6.92 Å². The molecule has 0 saturated heterocycles. The van der Waals surface area contributed by atoms with Gasteiger partial charge in [-0.05, 0) is 39.8 Å². The maximum atomic E-state index is 12.0. The van der Waals surface area contributed by atoms with Crippen molar-refractivity contribution in [2.75, 3.05) is 7.11 Å². The first-order valence-corrected chi connectivity index (χ1v) is 6.40. The quantitative estimate of drug-likeness (QED) is 0.835. The van der Waals surface area contributed by atoms with Gasteiger partial charge in [-0.3, -0.25) is 4.79 Å². The van der Waals surface area contributed by atoms with E-state index in [1.165, 1.54) is 7.11 Å². The molecule has 1 N–H and O–H groups in total. The van der Waals surface area contributed by atoms with Crippen molar-refractivity contribution in [3.05, 3.63) is 29.8 Å². The van der Waals surface area contributed by atoms with E-state index in [1.54, 1.807) is 32.9 Å². The topological polar surface area (TPSA) is 64.6 Å². The molecular weight excluding hydrogens is 258 g/mol. The molecule has 0 saturated carbocycles. The van der Waals surface area contributed by atoms with E-state index < -0.39 is 17.6 Å². The van der Waals surface area contributed by atoms with Crippen molar-refractivity contribution in [1.29, 1.82) is 0 Å². The number of carbonyl (C=O) groups excluding carboxylic acids is 2. The lowest BCUT2D eigenvalue weighted by Gasteiger charge is -2.25. The molecule has 110 valence electrons. The van der Waals surface area contributed by atoms with Gasteiger partial charge in [-0.15, -0.1) is 0 Å². The summed E-state index contributed by atoms with van der Waals surface area (Å²) in [5.74, 6) is -0.275. The van der Waals surface area contributed by atoms with E-state index in [-0.39, 0.29) is 5.91 Å². The Morgan fingerprint density at radius 2 is 1.75 bits per heavy atom. The van der Waals surface area contributed by atoms with E-state index in [9.17, 15) is 9.59 Å². The Morgan fingerprint density at radius 1 is 1.20 bits per heavy atom. The number of carbonyl (C=O) groups is 2. The van der Waals surface area contributed by atoms with Crippen LogP contribution in [0.1, 0.15) is 26.3 Å². The van der Waals surface area contributed by atoms with Crippen molar-refractivity contribution in [2.24, 2.45) is 0 Å². The van der Waals surface area contributed by atoms with Gasteiger partial charge < -0.3 is 14.8 Å². The molecule has 0 radical (unpaired) electrons. The maximum absolute atomic E-state index is 12.0. The molecule has 5 nitrogen and oxygen atoms in total. The Hall–Kier alpha value is -2.04. The molecule has 0 heterocycles. The molecule has 1 aromatic rings. The maximum Gasteiger partial charge on any atom is 0.330 e. The number of methoxy groups -OCH3 is 1. The summed E-state index contributed by atoms with van der Waals surface area (Å²) in [5.41, 5.74) is 0.0257. The molecule has 1 rings (SSSR count). The van der Waals surface area contributed by atoms with Crippen LogP contribution in [-0.2, 0) is 14.3 Å². The number of esters is 1. The van der Waals surface area contributed by atoms with E-state index in [4.69, 9.17) is 4.74 Å². The second-order valence-electron chi connectivity index (χ2n) is 5.18. The lowest BCUT2D eigenvalue weighted by molar-refractivity contribution is -0.150. The number of amides is 1. The number of benzene rings is 1. The first-order chi connectivity index (χ1) is 9.26. The molecule has 0 aliphatic carbocycles. The zero-order chi connectivity index (χ0) is 15.3. The molecule has 20 heavy (non-hydrogen) atoms. The SMILES string of the molecule is COC(=O)C(C)(C)NC(=O)C(C)Oc1ccc(C)cc1. The van der Waals surface area contributed by atoms with Crippen LogP contribution in [0.2, 0.25) is 0 Å². The predicted molar refractivity (Wildman–Crippen MR) is 75.5 cm³/mol. The van der Waals surface area contributed by atoms with E-state index in [1.807, 2.05) is 19.1 Å². The zero-order valence-electron chi connectivity index (χ0n) is 12.5. The highest BCUT2D eigenvalue weighted by Gasteiger charge is 2.32. The van der Waals surface area contributed by atoms with Crippen LogP contribution in [-0.4, -0.2) is 30.6 Å². The van der Waals surface area contributed by atoms with Crippen LogP contribution >= 0.6 is 0 Å². The Bertz CT molecular complexity index is 479. The zero-order valence-corrected chi connectivity index (χ0v) is 12.5. The third kappa shape index (κ3) is 4.26. The van der Waals surface area contributed by atoms with Gasteiger partial charge in [-0.1, -0.05) is 17.7 Å². The van der Waals surface area contributed by atoms with Gasteiger partial charge in [0.2, 0.25) is 0 Å². The summed E-state index contributed by atoms with van der Waals surface area (Å²) in [6, 6.07) is 7.39. The third-order valence-corrected chi connectivity index (χ3v) is 2.83. The van der Waals surface area contributed by atoms with Crippen LogP contribution in [0.25, 0.3) is 0 Å². The van der Waals surface area contributed by atoms with Crippen molar-refractivity contribution < 1.29 is 19.1 Å². The molecule has 0 aromatic heterocycles. The van der Waals surface area contributed by atoms with Crippen molar-refractivity contribution in [1.82, 2.24) is 5.32 Å². The number of aryl methyl sites for hydroxylation is 1. The monoisotopic (exact) mass is 279 g/mol. The third-order valence-electron chi connectivity index (χ3n) is 2.83. The smallest absolute Gasteiger partial charge is 0.330 e. The van der Waals surface area contributed by atoms with E-state index >= 15 is 0 Å². The molecular formula is C15H21NO4. The fourth-order valence-corrected chi connectivity index (χ4v) is 1.59. The van der Waals surface area contributed by atoms with Gasteiger partial charge in [0.25, 0.3) is 5.91 Å². The lowest BCUT2D eigenvalue weighted by Crippen LogP contribution is -2.53. The van der Waals surface area contributed by atoms with Gasteiger partial charge in [0.1, 0.15) is 11.3 Å². The van der Waals surface area contributed by atoms with Gasteiger partial charge in [0, 0.05) is 0 Å². The van der Waals surface area contributed by atoms with Crippen molar-refractivity contribution in [2.45, 2.75) is 39.3 Å². The van der Waals surface area contributed by atoms with E-state index in [2.05, 4.69) is 10.1 Å². The van der Waals surface area contributed by atoms with Crippen LogP contribution in [0.5, 0.6) is 5.75 Å². The number of ether oxygens (including phenoxy) is 2. The van der Waals surface area contributed by atoms with Gasteiger partial charge >= 0.3 is 5.97 Å². The van der Waals surface area contributed by atoms with Crippen molar-refractivity contribution in [3.63, 3.8) is 0 Å². The molecule has 0 aliphatic rings. The number of nitrogens with one attached hydrogen (secondary N) is 1. The fraction of sp³-hybridized carbons (Fsp3) is 0.467. The molecule has 1 unspecified atom stereocenters. The number of hydrogen-bond acceptors (Lipinski definition) is 4. The summed E-state index contributed by atoms with van der Waals surface area (Å²) in [4.78, 5) is 23.5. The number of hydrogen-bond donors (Lipinski definition) is 1. The highest BCUT2D eigenvalue weighted by Crippen LogP contribution is 2.14. The molecule has 1 amide bonds. The second-order valence-corrected chi connectivity index (χ2v) is 5.18. The minimum Gasteiger partial charge on any atom is -0.481 e. The van der Waals surface area contributed by atoms with Gasteiger partial charge in [-0.2, -0.15) is 0 Å². The standard InChI is InChI=1S/C15H21NO4/c1-10-6-8-12(9-7-10)20-11(2)13(17)16-15(3,4)14(18)19-5/h6-9,11H,1-5H3,(H,16,17). The Balaban J connectivity index is 2.63. The molecule has 0 spiro atoms. The van der Waals surface area contributed by atoms with Crippen LogP contribution in [0.4, 0.5) is 0 Å². The second kappa shape index (κ2) is 6.41. The summed E-state index contributed by atoms with van der Waals surface area (Å²) < 4.78 is 10.2. The highest BCUT2D eigenvalue weighted by molar-refractivity contribution is 5.89. The Kier molecular flexibility index (Phi) is 5.13. The minimum absolute atomic E-state index is 0.374. The van der Waals surface area contributed by atoms with E-state index in [0.29, 0.717) is 5.75 Å². The summed E-state index contributed by atoms with van der Waals surface area (Å²) in [5, 5.41) is 2.60. The Morgan fingerprint density at radius 3 is 2.25 bits per heavy atom. The molecule has 0 aliphatic heterocycles. The van der Waals surface area contributed by atoms with Gasteiger partial charge in [0.05, 0.1) is 7.11 Å². The lowest BCUT2D eigenvalue weighted by atomic mass is 10.1. The van der Waals surface area contributed by atoms with Gasteiger partial charge in [-0.25, -0.2) is 4.79 Å².